The predicted molar refractivity (Wildman–Crippen MR) is 102 cm³/mol. The van der Waals surface area contributed by atoms with Crippen LogP contribution in [0.3, 0.4) is 0 Å². The second kappa shape index (κ2) is 7.67. The average Bonchev–Trinajstić information content (AvgIpc) is 2.97. The lowest BCUT2D eigenvalue weighted by molar-refractivity contribution is 0.134. The number of hydrogen-bond donors (Lipinski definition) is 0. The maximum absolute atomic E-state index is 12.6. The van der Waals surface area contributed by atoms with Gasteiger partial charge in [0.15, 0.2) is 0 Å². The third-order valence-corrected chi connectivity index (χ3v) is 4.74. The standard InChI is InChI=1S/C20H21N5O2/c1-24-19(26)12-17(16-8-9-21-14-22-16)23-20(24)25-10-5-11-27-13-18(25)15-6-3-2-4-7-15/h2-4,6-9,12,14,18H,5,10-11,13H2,1H3. The summed E-state index contributed by atoms with van der Waals surface area (Å²) in [5, 5.41) is 0. The highest BCUT2D eigenvalue weighted by molar-refractivity contribution is 5.55. The van der Waals surface area contributed by atoms with Crippen molar-refractivity contribution in [2.24, 2.45) is 7.05 Å². The molecule has 0 bridgehead atoms. The SMILES string of the molecule is Cn1c(N2CCCOCC2c2ccccc2)nc(-c2ccncn2)cc1=O. The van der Waals surface area contributed by atoms with Crippen LogP contribution in [-0.2, 0) is 11.8 Å². The minimum absolute atomic E-state index is 0.00699. The Morgan fingerprint density at radius 3 is 2.78 bits per heavy atom. The Balaban J connectivity index is 1.82. The van der Waals surface area contributed by atoms with Crippen LogP contribution in [0.25, 0.3) is 11.4 Å². The molecule has 2 aromatic heterocycles. The summed E-state index contributed by atoms with van der Waals surface area (Å²) in [4.78, 5) is 27.8. The first-order valence-electron chi connectivity index (χ1n) is 8.98. The molecule has 1 aliphatic heterocycles. The van der Waals surface area contributed by atoms with Crippen LogP contribution in [0, 0.1) is 0 Å². The Labute approximate surface area is 157 Å². The highest BCUT2D eigenvalue weighted by Gasteiger charge is 2.27. The summed E-state index contributed by atoms with van der Waals surface area (Å²) in [6, 6.07) is 13.5. The molecule has 1 fully saturated rings. The largest absolute Gasteiger partial charge is 0.379 e. The highest BCUT2D eigenvalue weighted by Crippen LogP contribution is 2.28. The minimum Gasteiger partial charge on any atom is -0.379 e. The second-order valence-electron chi connectivity index (χ2n) is 6.48. The third kappa shape index (κ3) is 3.59. The predicted octanol–water partition coefficient (Wildman–Crippen LogP) is 2.21. The molecule has 0 N–H and O–H groups in total. The second-order valence-corrected chi connectivity index (χ2v) is 6.48. The molecule has 3 aromatic rings. The van der Waals surface area contributed by atoms with Crippen molar-refractivity contribution in [2.75, 3.05) is 24.7 Å². The molecule has 0 radical (unpaired) electrons. The van der Waals surface area contributed by atoms with E-state index >= 15 is 0 Å². The molecule has 1 aliphatic rings. The molecule has 0 aliphatic carbocycles. The van der Waals surface area contributed by atoms with Crippen LogP contribution >= 0.6 is 0 Å². The minimum atomic E-state index is -0.120. The summed E-state index contributed by atoms with van der Waals surface area (Å²) in [7, 11) is 1.75. The fourth-order valence-corrected chi connectivity index (χ4v) is 3.33. The van der Waals surface area contributed by atoms with E-state index < -0.39 is 0 Å². The zero-order valence-electron chi connectivity index (χ0n) is 15.2. The fraction of sp³-hybridized carbons (Fsp3) is 0.300. The number of benzene rings is 1. The van der Waals surface area contributed by atoms with E-state index in [1.807, 2.05) is 18.2 Å². The van der Waals surface area contributed by atoms with Crippen molar-refractivity contribution in [3.05, 3.63) is 70.9 Å². The van der Waals surface area contributed by atoms with Crippen molar-refractivity contribution < 1.29 is 4.74 Å². The van der Waals surface area contributed by atoms with Gasteiger partial charge >= 0.3 is 0 Å². The number of hydrogen-bond acceptors (Lipinski definition) is 6. The van der Waals surface area contributed by atoms with E-state index in [1.54, 1.807) is 23.9 Å². The van der Waals surface area contributed by atoms with Crippen LogP contribution < -0.4 is 10.5 Å². The topological polar surface area (TPSA) is 73.1 Å². The van der Waals surface area contributed by atoms with E-state index in [0.717, 1.165) is 18.5 Å². The molecular weight excluding hydrogens is 342 g/mol. The van der Waals surface area contributed by atoms with E-state index in [2.05, 4.69) is 27.0 Å². The van der Waals surface area contributed by atoms with Gasteiger partial charge in [-0.2, -0.15) is 0 Å². The quantitative estimate of drug-likeness (QED) is 0.710. The summed E-state index contributed by atoms with van der Waals surface area (Å²) >= 11 is 0. The van der Waals surface area contributed by atoms with Crippen LogP contribution in [0.15, 0.2) is 59.8 Å². The van der Waals surface area contributed by atoms with Crippen molar-refractivity contribution in [3.8, 4) is 11.4 Å². The first-order valence-corrected chi connectivity index (χ1v) is 8.98. The highest BCUT2D eigenvalue weighted by atomic mass is 16.5. The Kier molecular flexibility index (Phi) is 4.93. The Hall–Kier alpha value is -3.06. The Morgan fingerprint density at radius 2 is 2.00 bits per heavy atom. The van der Waals surface area contributed by atoms with Crippen molar-refractivity contribution in [3.63, 3.8) is 0 Å². The van der Waals surface area contributed by atoms with Gasteiger partial charge in [0.25, 0.3) is 5.56 Å². The molecule has 0 saturated carbocycles. The lowest BCUT2D eigenvalue weighted by atomic mass is 10.1. The van der Waals surface area contributed by atoms with Crippen LogP contribution in [-0.4, -0.2) is 39.3 Å². The lowest BCUT2D eigenvalue weighted by Crippen LogP contribution is -2.36. The number of ether oxygens (including phenoxy) is 1. The van der Waals surface area contributed by atoms with Gasteiger partial charge in [-0.15, -0.1) is 0 Å². The van der Waals surface area contributed by atoms with E-state index in [9.17, 15) is 4.79 Å². The monoisotopic (exact) mass is 363 g/mol. The van der Waals surface area contributed by atoms with Gasteiger partial charge < -0.3 is 9.64 Å². The van der Waals surface area contributed by atoms with Gasteiger partial charge in [0.2, 0.25) is 5.95 Å². The molecular formula is C20H21N5O2. The molecule has 3 heterocycles. The van der Waals surface area contributed by atoms with Crippen LogP contribution in [0.4, 0.5) is 5.95 Å². The molecule has 27 heavy (non-hydrogen) atoms. The van der Waals surface area contributed by atoms with Crippen LogP contribution in [0.1, 0.15) is 18.0 Å². The van der Waals surface area contributed by atoms with E-state index in [-0.39, 0.29) is 11.6 Å². The summed E-state index contributed by atoms with van der Waals surface area (Å²) in [6.45, 7) is 2.00. The molecule has 1 saturated heterocycles. The Bertz CT molecular complexity index is 959. The van der Waals surface area contributed by atoms with Gasteiger partial charge in [0, 0.05) is 32.5 Å². The average molecular weight is 363 g/mol. The maximum Gasteiger partial charge on any atom is 0.255 e. The summed E-state index contributed by atoms with van der Waals surface area (Å²) < 4.78 is 7.41. The zero-order valence-corrected chi connectivity index (χ0v) is 15.2. The maximum atomic E-state index is 12.6. The molecule has 7 nitrogen and oxygen atoms in total. The molecule has 1 unspecified atom stereocenters. The molecule has 7 heteroatoms. The molecule has 4 rings (SSSR count). The van der Waals surface area contributed by atoms with Crippen molar-refractivity contribution in [2.45, 2.75) is 12.5 Å². The lowest BCUT2D eigenvalue weighted by Gasteiger charge is -2.31. The van der Waals surface area contributed by atoms with E-state index in [0.29, 0.717) is 30.5 Å². The summed E-state index contributed by atoms with van der Waals surface area (Å²) in [6.07, 6.45) is 3.98. The van der Waals surface area contributed by atoms with Crippen LogP contribution in [0.5, 0.6) is 0 Å². The van der Waals surface area contributed by atoms with Gasteiger partial charge in [-0.05, 0) is 18.1 Å². The molecule has 1 aromatic carbocycles. The van der Waals surface area contributed by atoms with E-state index in [4.69, 9.17) is 9.72 Å². The Morgan fingerprint density at radius 1 is 1.15 bits per heavy atom. The molecule has 138 valence electrons. The van der Waals surface area contributed by atoms with Gasteiger partial charge in [0.05, 0.1) is 24.0 Å². The first kappa shape index (κ1) is 17.4. The smallest absolute Gasteiger partial charge is 0.255 e. The van der Waals surface area contributed by atoms with Crippen LogP contribution in [0.2, 0.25) is 0 Å². The van der Waals surface area contributed by atoms with Gasteiger partial charge in [-0.3, -0.25) is 9.36 Å². The number of rotatable bonds is 3. The molecule has 0 spiro atoms. The summed E-state index contributed by atoms with van der Waals surface area (Å²) in [5.74, 6) is 0.621. The van der Waals surface area contributed by atoms with Crippen molar-refractivity contribution >= 4 is 5.95 Å². The third-order valence-electron chi connectivity index (χ3n) is 4.74. The number of nitrogens with zero attached hydrogens (tertiary/aromatic N) is 5. The van der Waals surface area contributed by atoms with E-state index in [1.165, 1.54) is 12.4 Å². The van der Waals surface area contributed by atoms with Gasteiger partial charge in [-0.1, -0.05) is 30.3 Å². The van der Waals surface area contributed by atoms with Gasteiger partial charge in [-0.25, -0.2) is 15.0 Å². The summed E-state index contributed by atoms with van der Waals surface area (Å²) in [5.41, 5.74) is 2.20. The number of anilines is 1. The zero-order chi connectivity index (χ0) is 18.6. The molecule has 1 atom stereocenters. The normalized spacial score (nSPS) is 17.5. The fourth-order valence-electron chi connectivity index (χ4n) is 3.33. The van der Waals surface area contributed by atoms with Crippen molar-refractivity contribution in [1.29, 1.82) is 0 Å². The molecule has 0 amide bonds. The van der Waals surface area contributed by atoms with Crippen molar-refractivity contribution in [1.82, 2.24) is 19.5 Å². The van der Waals surface area contributed by atoms with Gasteiger partial charge in [0.1, 0.15) is 6.33 Å². The first-order chi connectivity index (χ1) is 13.2. The number of aromatic nitrogens is 4.